The molecule has 1 aromatic heterocycles. The first-order valence-corrected chi connectivity index (χ1v) is 5.69. The molecule has 0 unspecified atom stereocenters. The molecule has 0 bridgehead atoms. The van der Waals surface area contributed by atoms with Crippen molar-refractivity contribution in [1.82, 2.24) is 0 Å². The minimum atomic E-state index is 0.526. The highest BCUT2D eigenvalue weighted by Crippen LogP contribution is 2.33. The molecule has 0 saturated heterocycles. The molecule has 2 aromatic rings. The molecular weight excluding hydrogens is 242 g/mol. The molecule has 78 valence electrons. The van der Waals surface area contributed by atoms with Gasteiger partial charge in [-0.05, 0) is 24.3 Å². The smallest absolute Gasteiger partial charge is 0.160 e. The Bertz CT molecular complexity index is 583. The average Bonchev–Trinajstić information content (AvgIpc) is 2.77. The van der Waals surface area contributed by atoms with Crippen molar-refractivity contribution in [3.8, 4) is 16.5 Å². The van der Waals surface area contributed by atoms with Crippen molar-refractivity contribution >= 4 is 29.2 Å². The highest BCUT2D eigenvalue weighted by atomic mass is 35.5. The molecule has 0 spiro atoms. The maximum absolute atomic E-state index is 10.6. The van der Waals surface area contributed by atoms with E-state index in [-0.39, 0.29) is 0 Å². The molecule has 1 heterocycles. The number of hydrogen-bond donors (Lipinski definition) is 0. The van der Waals surface area contributed by atoms with Crippen LogP contribution in [0.1, 0.15) is 15.2 Å². The zero-order valence-electron chi connectivity index (χ0n) is 8.11. The van der Waals surface area contributed by atoms with E-state index in [0.29, 0.717) is 15.5 Å². The van der Waals surface area contributed by atoms with E-state index in [4.69, 9.17) is 16.9 Å². The second-order valence-corrected chi connectivity index (χ2v) is 4.65. The fourth-order valence-electron chi connectivity index (χ4n) is 1.35. The largest absolute Gasteiger partial charge is 0.297 e. The predicted molar refractivity (Wildman–Crippen MR) is 64.9 cm³/mol. The van der Waals surface area contributed by atoms with Gasteiger partial charge in [0.25, 0.3) is 0 Å². The van der Waals surface area contributed by atoms with Crippen LogP contribution in [0.4, 0.5) is 0 Å². The molecule has 0 N–H and O–H groups in total. The lowest BCUT2D eigenvalue weighted by atomic mass is 10.1. The molecule has 4 heteroatoms. The highest BCUT2D eigenvalue weighted by molar-refractivity contribution is 7.17. The van der Waals surface area contributed by atoms with Crippen molar-refractivity contribution in [2.75, 3.05) is 0 Å². The van der Waals surface area contributed by atoms with E-state index in [1.807, 2.05) is 12.1 Å². The third kappa shape index (κ3) is 1.99. The molecule has 2 rings (SSSR count). The molecule has 2 nitrogen and oxygen atoms in total. The van der Waals surface area contributed by atoms with Crippen molar-refractivity contribution in [3.63, 3.8) is 0 Å². The van der Waals surface area contributed by atoms with Gasteiger partial charge in [-0.15, -0.1) is 11.3 Å². The van der Waals surface area contributed by atoms with Crippen LogP contribution in [0.3, 0.4) is 0 Å². The summed E-state index contributed by atoms with van der Waals surface area (Å²) in [5, 5.41) is 9.24. The quantitative estimate of drug-likeness (QED) is 0.759. The maximum atomic E-state index is 10.6. The average molecular weight is 248 g/mol. The van der Waals surface area contributed by atoms with Crippen LogP contribution in [0, 0.1) is 11.3 Å². The summed E-state index contributed by atoms with van der Waals surface area (Å²) in [6.45, 7) is 0. The summed E-state index contributed by atoms with van der Waals surface area (Å²) in [5.74, 6) is 0. The van der Waals surface area contributed by atoms with E-state index in [1.54, 1.807) is 24.3 Å². The highest BCUT2D eigenvalue weighted by Gasteiger charge is 2.07. The van der Waals surface area contributed by atoms with Crippen LogP contribution >= 0.6 is 22.9 Å². The Morgan fingerprint density at radius 2 is 2.12 bits per heavy atom. The Morgan fingerprint density at radius 1 is 1.31 bits per heavy atom. The SMILES string of the molecule is N#Cc1ccc(-c2ccc(C=O)s2)c(Cl)c1. The van der Waals surface area contributed by atoms with Crippen LogP contribution in [-0.4, -0.2) is 6.29 Å². The Hall–Kier alpha value is -1.63. The zero-order valence-corrected chi connectivity index (χ0v) is 9.68. The van der Waals surface area contributed by atoms with Crippen molar-refractivity contribution in [2.24, 2.45) is 0 Å². The van der Waals surface area contributed by atoms with Crippen LogP contribution in [0.2, 0.25) is 5.02 Å². The van der Waals surface area contributed by atoms with Crippen LogP contribution in [0.5, 0.6) is 0 Å². The second kappa shape index (κ2) is 4.48. The summed E-state index contributed by atoms with van der Waals surface area (Å²) in [4.78, 5) is 12.2. The fraction of sp³-hybridized carbons (Fsp3) is 0. The first-order chi connectivity index (χ1) is 7.74. The number of carbonyl (C=O) groups excluding carboxylic acids is 1. The minimum Gasteiger partial charge on any atom is -0.297 e. The van der Waals surface area contributed by atoms with Gasteiger partial charge in [0, 0.05) is 10.4 Å². The standard InChI is InChI=1S/C12H6ClNOS/c13-11-5-8(6-14)1-3-10(11)12-4-2-9(7-15)16-12/h1-5,7H. The number of carbonyl (C=O) groups is 1. The van der Waals surface area contributed by atoms with Gasteiger partial charge in [-0.3, -0.25) is 4.79 Å². The molecular formula is C12H6ClNOS. The molecule has 0 aliphatic rings. The third-order valence-electron chi connectivity index (χ3n) is 2.11. The molecule has 0 aliphatic carbocycles. The summed E-state index contributed by atoms with van der Waals surface area (Å²) < 4.78 is 0. The molecule has 1 aromatic carbocycles. The topological polar surface area (TPSA) is 40.9 Å². The van der Waals surface area contributed by atoms with Crippen molar-refractivity contribution in [1.29, 1.82) is 5.26 Å². The van der Waals surface area contributed by atoms with Gasteiger partial charge in [0.15, 0.2) is 6.29 Å². The number of nitrogens with zero attached hydrogens (tertiary/aromatic N) is 1. The second-order valence-electron chi connectivity index (χ2n) is 3.13. The molecule has 0 saturated carbocycles. The monoisotopic (exact) mass is 247 g/mol. The van der Waals surface area contributed by atoms with E-state index < -0.39 is 0 Å². The maximum Gasteiger partial charge on any atom is 0.160 e. The Kier molecular flexibility index (Phi) is 3.04. The normalized spacial score (nSPS) is 9.75. The number of thiophene rings is 1. The van der Waals surface area contributed by atoms with Crippen molar-refractivity contribution in [2.45, 2.75) is 0 Å². The minimum absolute atomic E-state index is 0.526. The number of rotatable bonds is 2. The molecule has 0 fully saturated rings. The van der Waals surface area contributed by atoms with Gasteiger partial charge in [-0.25, -0.2) is 0 Å². The number of nitriles is 1. The van der Waals surface area contributed by atoms with Gasteiger partial charge in [-0.2, -0.15) is 5.26 Å². The Labute approximate surface area is 102 Å². The van der Waals surface area contributed by atoms with Crippen LogP contribution in [-0.2, 0) is 0 Å². The summed E-state index contributed by atoms with van der Waals surface area (Å²) in [5.41, 5.74) is 1.37. The van der Waals surface area contributed by atoms with Crippen molar-refractivity contribution in [3.05, 3.63) is 45.8 Å². The lowest BCUT2D eigenvalue weighted by Crippen LogP contribution is -1.78. The number of halogens is 1. The number of hydrogen-bond acceptors (Lipinski definition) is 3. The molecule has 0 amide bonds. The van der Waals surface area contributed by atoms with Crippen LogP contribution in [0.15, 0.2) is 30.3 Å². The predicted octanol–water partition coefficient (Wildman–Crippen LogP) is 3.75. The molecule has 0 aliphatic heterocycles. The summed E-state index contributed by atoms with van der Waals surface area (Å²) in [6, 6.07) is 10.8. The van der Waals surface area contributed by atoms with E-state index in [9.17, 15) is 4.79 Å². The Morgan fingerprint density at radius 3 is 2.69 bits per heavy atom. The van der Waals surface area contributed by atoms with Crippen molar-refractivity contribution < 1.29 is 4.79 Å². The summed E-state index contributed by atoms with van der Waals surface area (Å²) in [6.07, 6.45) is 0.811. The van der Waals surface area contributed by atoms with Gasteiger partial charge in [0.05, 0.1) is 21.5 Å². The first kappa shape index (κ1) is 10.9. The first-order valence-electron chi connectivity index (χ1n) is 4.49. The van der Waals surface area contributed by atoms with Gasteiger partial charge in [-0.1, -0.05) is 17.7 Å². The van der Waals surface area contributed by atoms with E-state index >= 15 is 0 Å². The van der Waals surface area contributed by atoms with Gasteiger partial charge in [0.2, 0.25) is 0 Å². The lowest BCUT2D eigenvalue weighted by Gasteiger charge is -2.00. The summed E-state index contributed by atoms with van der Waals surface area (Å²) >= 11 is 7.44. The molecule has 16 heavy (non-hydrogen) atoms. The third-order valence-corrected chi connectivity index (χ3v) is 3.46. The van der Waals surface area contributed by atoms with E-state index in [1.165, 1.54) is 11.3 Å². The lowest BCUT2D eigenvalue weighted by molar-refractivity contribution is 0.112. The Balaban J connectivity index is 2.48. The number of aldehydes is 1. The van der Waals surface area contributed by atoms with E-state index in [2.05, 4.69) is 0 Å². The summed E-state index contributed by atoms with van der Waals surface area (Å²) in [7, 11) is 0. The van der Waals surface area contributed by atoms with E-state index in [0.717, 1.165) is 16.7 Å². The van der Waals surface area contributed by atoms with Gasteiger partial charge in [0.1, 0.15) is 0 Å². The number of benzene rings is 1. The van der Waals surface area contributed by atoms with Gasteiger partial charge >= 0.3 is 0 Å². The zero-order chi connectivity index (χ0) is 11.5. The molecule has 0 atom stereocenters. The van der Waals surface area contributed by atoms with Gasteiger partial charge < -0.3 is 0 Å². The fourth-order valence-corrected chi connectivity index (χ4v) is 2.55. The molecule has 0 radical (unpaired) electrons. The van der Waals surface area contributed by atoms with Crippen LogP contribution in [0.25, 0.3) is 10.4 Å². The van der Waals surface area contributed by atoms with Crippen LogP contribution < -0.4 is 0 Å².